The summed E-state index contributed by atoms with van der Waals surface area (Å²) in [6.45, 7) is 1.85. The minimum Gasteiger partial charge on any atom is -0.504 e. The summed E-state index contributed by atoms with van der Waals surface area (Å²) in [5.74, 6) is -1.97. The molecular weight excluding hydrogens is 454 g/mol. The molecule has 0 atom stereocenters. The topological polar surface area (TPSA) is 117 Å². The number of aromatic carboxylic acids is 1. The number of aromatic nitrogens is 1. The van der Waals surface area contributed by atoms with Crippen LogP contribution in [-0.2, 0) is 10.0 Å². The van der Waals surface area contributed by atoms with E-state index in [0.29, 0.717) is 16.2 Å². The third-order valence-electron chi connectivity index (χ3n) is 5.87. The Labute approximate surface area is 194 Å². The molecule has 5 aromatic rings. The Balaban J connectivity index is 1.90. The van der Waals surface area contributed by atoms with E-state index in [1.165, 1.54) is 42.6 Å². The van der Waals surface area contributed by atoms with Gasteiger partial charge >= 0.3 is 5.97 Å². The highest BCUT2D eigenvalue weighted by atomic mass is 32.2. The van der Waals surface area contributed by atoms with E-state index in [2.05, 4.69) is 0 Å². The predicted molar refractivity (Wildman–Crippen MR) is 129 cm³/mol. The number of aryl methyl sites for hydroxylation is 1. The number of nitrogens with zero attached hydrogens (tertiary/aromatic N) is 1. The molecule has 0 spiro atoms. The van der Waals surface area contributed by atoms with Gasteiger partial charge in [0.15, 0.2) is 11.5 Å². The first kappa shape index (κ1) is 21.5. The fourth-order valence-corrected chi connectivity index (χ4v) is 5.52. The number of carboxylic acids is 1. The number of aromatic hydroxyl groups is 2. The SMILES string of the molecule is Cc1ccc(S(=O)(=O)n2cc(-c3c(O)c(O)cc4ccccc34)c3cc(C(=O)O)ccc32)cc1. The lowest BCUT2D eigenvalue weighted by Crippen LogP contribution is -2.11. The van der Waals surface area contributed by atoms with E-state index in [9.17, 15) is 28.5 Å². The molecular formula is C26H19NO6S. The summed E-state index contributed by atoms with van der Waals surface area (Å²) in [7, 11) is -4.05. The smallest absolute Gasteiger partial charge is 0.335 e. The van der Waals surface area contributed by atoms with Crippen LogP contribution >= 0.6 is 0 Å². The number of benzene rings is 4. The van der Waals surface area contributed by atoms with Gasteiger partial charge in [0.2, 0.25) is 0 Å². The Morgan fingerprint density at radius 3 is 2.29 bits per heavy atom. The lowest BCUT2D eigenvalue weighted by molar-refractivity contribution is 0.0697. The maximum Gasteiger partial charge on any atom is 0.335 e. The highest BCUT2D eigenvalue weighted by Gasteiger charge is 2.25. The molecule has 8 heteroatoms. The molecule has 0 aliphatic rings. The maximum atomic E-state index is 13.6. The van der Waals surface area contributed by atoms with Crippen LogP contribution in [-0.4, -0.2) is 33.7 Å². The summed E-state index contributed by atoms with van der Waals surface area (Å²) < 4.78 is 28.2. The van der Waals surface area contributed by atoms with Crippen molar-refractivity contribution in [3.05, 3.63) is 90.1 Å². The second kappa shape index (κ2) is 7.64. The van der Waals surface area contributed by atoms with Gasteiger partial charge in [-0.3, -0.25) is 0 Å². The Bertz CT molecular complexity index is 1720. The van der Waals surface area contributed by atoms with Crippen molar-refractivity contribution in [3.8, 4) is 22.6 Å². The zero-order valence-electron chi connectivity index (χ0n) is 17.9. The number of carboxylic acid groups (broad SMARTS) is 1. The van der Waals surface area contributed by atoms with Crippen molar-refractivity contribution in [2.45, 2.75) is 11.8 Å². The van der Waals surface area contributed by atoms with E-state index in [1.807, 2.05) is 6.92 Å². The second-order valence-electron chi connectivity index (χ2n) is 8.03. The second-order valence-corrected chi connectivity index (χ2v) is 9.85. The summed E-state index contributed by atoms with van der Waals surface area (Å²) >= 11 is 0. The summed E-state index contributed by atoms with van der Waals surface area (Å²) in [6, 6.07) is 19.0. The standard InChI is InChI=1S/C26H19NO6S/c1-15-6-9-18(10-7-15)34(32,33)27-14-21(20-12-17(26(30)31)8-11-22(20)27)24-19-5-3-2-4-16(19)13-23(28)25(24)29/h2-14,28-29H,1H3,(H,30,31). The highest BCUT2D eigenvalue weighted by molar-refractivity contribution is 7.90. The fraction of sp³-hybridized carbons (Fsp3) is 0.0385. The third-order valence-corrected chi connectivity index (χ3v) is 7.55. The molecule has 1 aromatic heterocycles. The maximum absolute atomic E-state index is 13.6. The molecule has 0 saturated heterocycles. The lowest BCUT2D eigenvalue weighted by atomic mass is 9.95. The van der Waals surface area contributed by atoms with E-state index in [0.717, 1.165) is 9.54 Å². The third kappa shape index (κ3) is 3.27. The van der Waals surface area contributed by atoms with Crippen LogP contribution in [0.1, 0.15) is 15.9 Å². The number of phenols is 2. The van der Waals surface area contributed by atoms with Gasteiger partial charge in [0.1, 0.15) is 0 Å². The van der Waals surface area contributed by atoms with Crippen molar-refractivity contribution in [1.82, 2.24) is 3.97 Å². The summed E-state index contributed by atoms with van der Waals surface area (Å²) in [5, 5.41) is 32.2. The van der Waals surface area contributed by atoms with Crippen LogP contribution in [0.25, 0.3) is 32.8 Å². The van der Waals surface area contributed by atoms with Crippen molar-refractivity contribution in [3.63, 3.8) is 0 Å². The van der Waals surface area contributed by atoms with Crippen LogP contribution in [0.15, 0.2) is 83.9 Å². The van der Waals surface area contributed by atoms with Crippen LogP contribution in [0.3, 0.4) is 0 Å². The van der Waals surface area contributed by atoms with Crippen LogP contribution < -0.4 is 0 Å². The molecule has 7 nitrogen and oxygen atoms in total. The molecule has 3 N–H and O–H groups in total. The first-order valence-corrected chi connectivity index (χ1v) is 11.8. The zero-order valence-corrected chi connectivity index (χ0v) is 18.7. The minimum atomic E-state index is -4.05. The average Bonchev–Trinajstić information content (AvgIpc) is 3.19. The first-order valence-electron chi connectivity index (χ1n) is 10.3. The molecule has 0 aliphatic carbocycles. The van der Waals surface area contributed by atoms with Gasteiger partial charge in [-0.25, -0.2) is 17.2 Å². The number of rotatable bonds is 4. The Morgan fingerprint density at radius 2 is 1.59 bits per heavy atom. The van der Waals surface area contributed by atoms with Crippen LogP contribution in [0.2, 0.25) is 0 Å². The summed E-state index contributed by atoms with van der Waals surface area (Å²) in [6.07, 6.45) is 1.35. The molecule has 0 amide bonds. The highest BCUT2D eigenvalue weighted by Crippen LogP contribution is 2.46. The molecule has 34 heavy (non-hydrogen) atoms. The van der Waals surface area contributed by atoms with E-state index >= 15 is 0 Å². The Kier molecular flexibility index (Phi) is 4.84. The Hall–Kier alpha value is -4.30. The predicted octanol–water partition coefficient (Wildman–Crippen LogP) is 5.12. The number of hydrogen-bond acceptors (Lipinski definition) is 5. The van der Waals surface area contributed by atoms with Gasteiger partial charge in [-0.1, -0.05) is 42.0 Å². The monoisotopic (exact) mass is 473 g/mol. The van der Waals surface area contributed by atoms with Gasteiger partial charge in [0.05, 0.1) is 16.0 Å². The molecule has 0 bridgehead atoms. The van der Waals surface area contributed by atoms with E-state index in [1.54, 1.807) is 36.4 Å². The molecule has 0 aliphatic heterocycles. The molecule has 4 aromatic carbocycles. The van der Waals surface area contributed by atoms with E-state index in [4.69, 9.17) is 0 Å². The van der Waals surface area contributed by atoms with Crippen molar-refractivity contribution in [1.29, 1.82) is 0 Å². The molecule has 1 heterocycles. The normalized spacial score (nSPS) is 11.8. The van der Waals surface area contributed by atoms with Gasteiger partial charge < -0.3 is 15.3 Å². The van der Waals surface area contributed by atoms with Crippen LogP contribution in [0, 0.1) is 6.92 Å². The van der Waals surface area contributed by atoms with Gasteiger partial charge in [0.25, 0.3) is 10.0 Å². The van der Waals surface area contributed by atoms with Gasteiger partial charge in [-0.15, -0.1) is 0 Å². The first-order chi connectivity index (χ1) is 16.2. The van der Waals surface area contributed by atoms with Crippen molar-refractivity contribution in [2.24, 2.45) is 0 Å². The van der Waals surface area contributed by atoms with Crippen LogP contribution in [0.4, 0.5) is 0 Å². The molecule has 0 saturated carbocycles. The molecule has 5 rings (SSSR count). The number of hydrogen-bond donors (Lipinski definition) is 3. The number of carbonyl (C=O) groups is 1. The van der Waals surface area contributed by atoms with Crippen LogP contribution in [0.5, 0.6) is 11.5 Å². The molecule has 0 fully saturated rings. The average molecular weight is 474 g/mol. The number of phenolic OH excluding ortho intramolecular Hbond substituents is 2. The molecule has 170 valence electrons. The minimum absolute atomic E-state index is 0.0387. The molecule has 0 unspecified atom stereocenters. The quantitative estimate of drug-likeness (QED) is 0.312. The van der Waals surface area contributed by atoms with E-state index < -0.39 is 21.7 Å². The van der Waals surface area contributed by atoms with Crippen molar-refractivity contribution in [2.75, 3.05) is 0 Å². The summed E-state index contributed by atoms with van der Waals surface area (Å²) in [4.78, 5) is 11.7. The lowest BCUT2D eigenvalue weighted by Gasteiger charge is -2.10. The van der Waals surface area contributed by atoms with E-state index in [-0.39, 0.29) is 32.9 Å². The summed E-state index contributed by atoms with van der Waals surface area (Å²) in [5.41, 5.74) is 1.59. The van der Waals surface area contributed by atoms with Crippen molar-refractivity contribution < 1.29 is 28.5 Å². The largest absolute Gasteiger partial charge is 0.504 e. The zero-order chi connectivity index (χ0) is 24.2. The number of fused-ring (bicyclic) bond motifs is 2. The Morgan fingerprint density at radius 1 is 0.882 bits per heavy atom. The van der Waals surface area contributed by atoms with Gasteiger partial charge in [0, 0.05) is 22.7 Å². The van der Waals surface area contributed by atoms with Gasteiger partial charge in [-0.05, 0) is 54.1 Å². The molecule has 0 radical (unpaired) electrons. The van der Waals surface area contributed by atoms with Gasteiger partial charge in [-0.2, -0.15) is 0 Å². The van der Waals surface area contributed by atoms with Crippen molar-refractivity contribution >= 4 is 37.7 Å². The fourth-order valence-electron chi connectivity index (χ4n) is 4.15.